The number of rotatable bonds is 8. The number of hydrogen-bond acceptors (Lipinski definition) is 6. The van der Waals surface area contributed by atoms with Crippen molar-refractivity contribution < 1.29 is 0 Å². The summed E-state index contributed by atoms with van der Waals surface area (Å²) in [6, 6.07) is 16.2. The van der Waals surface area contributed by atoms with Gasteiger partial charge >= 0.3 is 5.69 Å². The molecule has 0 bridgehead atoms. The van der Waals surface area contributed by atoms with E-state index in [1.165, 1.54) is 19.3 Å². The van der Waals surface area contributed by atoms with Gasteiger partial charge in [-0.3, -0.25) is 8.97 Å². The smallest absolute Gasteiger partial charge is 0.317 e. The van der Waals surface area contributed by atoms with Gasteiger partial charge in [0.05, 0.1) is 17.1 Å². The molecule has 2 saturated carbocycles. The lowest BCUT2D eigenvalue weighted by Gasteiger charge is -2.27. The van der Waals surface area contributed by atoms with Crippen LogP contribution in [0, 0.1) is 17.2 Å². The molecule has 4 aromatic heterocycles. The maximum absolute atomic E-state index is 13.8. The number of nitrogens with one attached hydrogen (secondary N) is 1. The Morgan fingerprint density at radius 2 is 1.93 bits per heavy atom. The first kappa shape index (κ1) is 25.4. The first-order chi connectivity index (χ1) is 20.0. The van der Waals surface area contributed by atoms with Gasteiger partial charge in [0.25, 0.3) is 0 Å². The fourth-order valence-corrected chi connectivity index (χ4v) is 5.66. The van der Waals surface area contributed by atoms with Crippen molar-refractivity contribution in [1.82, 2.24) is 34.0 Å². The lowest BCUT2D eigenvalue weighted by atomic mass is 9.85. The van der Waals surface area contributed by atoms with E-state index in [2.05, 4.69) is 40.6 Å². The number of imidazole rings is 1. The van der Waals surface area contributed by atoms with E-state index in [1.54, 1.807) is 15.3 Å². The number of nitriles is 1. The highest BCUT2D eigenvalue weighted by atomic mass is 16.1. The van der Waals surface area contributed by atoms with Crippen LogP contribution in [0.2, 0.25) is 0 Å². The fourth-order valence-electron chi connectivity index (χ4n) is 5.66. The van der Waals surface area contributed by atoms with Crippen LogP contribution in [0.4, 0.5) is 0 Å². The van der Waals surface area contributed by atoms with Crippen molar-refractivity contribution >= 4 is 5.52 Å². The van der Waals surface area contributed by atoms with E-state index in [0.29, 0.717) is 23.1 Å². The molecule has 1 atom stereocenters. The SMILES string of the molecule is C[C@H](NCC1CCC1)c1ccc2cn(-c3cc(-c4ccc(C#N)cc4-c4nncn4C)cc(C4CC4)n3)c(=O)n2c1. The molecule has 0 unspecified atom stereocenters. The molecule has 2 fully saturated rings. The molecule has 0 saturated heterocycles. The van der Waals surface area contributed by atoms with Crippen LogP contribution in [0.5, 0.6) is 0 Å². The predicted octanol–water partition coefficient (Wildman–Crippen LogP) is 5.15. The fraction of sp³-hybridized carbons (Fsp3) is 0.344. The van der Waals surface area contributed by atoms with Gasteiger partial charge in [0.1, 0.15) is 12.1 Å². The summed E-state index contributed by atoms with van der Waals surface area (Å²) in [7, 11) is 1.88. The molecule has 2 aliphatic rings. The monoisotopic (exact) mass is 544 g/mol. The maximum Gasteiger partial charge on any atom is 0.338 e. The Hall–Kier alpha value is -4.55. The van der Waals surface area contributed by atoms with E-state index in [1.807, 2.05) is 54.3 Å². The van der Waals surface area contributed by atoms with Gasteiger partial charge in [-0.1, -0.05) is 18.6 Å². The molecule has 9 heteroatoms. The molecular weight excluding hydrogens is 512 g/mol. The number of nitrogens with zero attached hydrogens (tertiary/aromatic N) is 7. The number of benzene rings is 1. The Morgan fingerprint density at radius 1 is 1.07 bits per heavy atom. The zero-order valence-corrected chi connectivity index (χ0v) is 23.3. The summed E-state index contributed by atoms with van der Waals surface area (Å²) in [6.45, 7) is 3.17. The second-order valence-corrected chi connectivity index (χ2v) is 11.5. The molecule has 7 rings (SSSR count). The summed E-state index contributed by atoms with van der Waals surface area (Å²) in [6.07, 6.45) is 11.6. The van der Waals surface area contributed by atoms with Crippen molar-refractivity contribution in [3.63, 3.8) is 0 Å². The molecule has 9 nitrogen and oxygen atoms in total. The van der Waals surface area contributed by atoms with Gasteiger partial charge in [-0.25, -0.2) is 9.78 Å². The minimum atomic E-state index is -0.146. The summed E-state index contributed by atoms with van der Waals surface area (Å²) in [5.74, 6) is 2.41. The van der Waals surface area contributed by atoms with E-state index in [9.17, 15) is 10.1 Å². The Labute approximate surface area is 238 Å². The molecule has 2 aliphatic carbocycles. The standard InChI is InChI=1S/C32H32N8O/c1-20(34-16-21-4-3-5-21)24-9-10-26-18-40(32(41)39(26)17-24)30-14-25(13-29(36-30)23-7-8-23)27-11-6-22(15-33)12-28(27)31-37-35-19-38(31)2/h6,9-14,17-21,23,34H,3-5,7-8,16H2,1-2H3/t20-/m0/s1. The zero-order valence-electron chi connectivity index (χ0n) is 23.3. The molecule has 1 N–H and O–H groups in total. The Morgan fingerprint density at radius 3 is 2.63 bits per heavy atom. The van der Waals surface area contributed by atoms with Gasteiger partial charge in [-0.05, 0) is 92.1 Å². The van der Waals surface area contributed by atoms with Gasteiger partial charge < -0.3 is 9.88 Å². The number of aryl methyl sites for hydroxylation is 1. The largest absolute Gasteiger partial charge is 0.338 e. The predicted molar refractivity (Wildman–Crippen MR) is 157 cm³/mol. The molecule has 0 amide bonds. The number of aromatic nitrogens is 6. The van der Waals surface area contributed by atoms with Crippen LogP contribution in [-0.4, -0.2) is 35.3 Å². The Bertz CT molecular complexity index is 1860. The van der Waals surface area contributed by atoms with Crippen LogP contribution in [0.3, 0.4) is 0 Å². The summed E-state index contributed by atoms with van der Waals surface area (Å²) in [4.78, 5) is 18.7. The Balaban J connectivity index is 1.31. The van der Waals surface area contributed by atoms with Crippen LogP contribution < -0.4 is 11.0 Å². The molecule has 4 heterocycles. The van der Waals surface area contributed by atoms with Crippen molar-refractivity contribution in [1.29, 1.82) is 5.26 Å². The average Bonchev–Trinajstić information content (AvgIpc) is 3.66. The van der Waals surface area contributed by atoms with Crippen LogP contribution >= 0.6 is 0 Å². The highest BCUT2D eigenvalue weighted by Gasteiger charge is 2.27. The van der Waals surface area contributed by atoms with Crippen molar-refractivity contribution in [3.05, 3.63) is 88.5 Å². The molecule has 5 aromatic rings. The number of pyridine rings is 2. The molecule has 206 valence electrons. The molecule has 1 aromatic carbocycles. The zero-order chi connectivity index (χ0) is 28.1. The minimum Gasteiger partial charge on any atom is -0.317 e. The third-order valence-electron chi connectivity index (χ3n) is 8.60. The van der Waals surface area contributed by atoms with Crippen molar-refractivity contribution in [2.75, 3.05) is 6.54 Å². The maximum atomic E-state index is 13.8. The van der Waals surface area contributed by atoms with E-state index in [-0.39, 0.29) is 11.7 Å². The summed E-state index contributed by atoms with van der Waals surface area (Å²) < 4.78 is 5.20. The summed E-state index contributed by atoms with van der Waals surface area (Å²) >= 11 is 0. The molecule has 0 radical (unpaired) electrons. The third kappa shape index (κ3) is 4.74. The van der Waals surface area contributed by atoms with Gasteiger partial charge in [0, 0.05) is 42.7 Å². The molecule has 0 aliphatic heterocycles. The third-order valence-corrected chi connectivity index (χ3v) is 8.60. The molecule has 0 spiro atoms. The normalized spacial score (nSPS) is 16.0. The van der Waals surface area contributed by atoms with E-state index in [4.69, 9.17) is 4.98 Å². The van der Waals surface area contributed by atoms with Gasteiger partial charge in [0.15, 0.2) is 5.82 Å². The van der Waals surface area contributed by atoms with Crippen molar-refractivity contribution in [2.24, 2.45) is 13.0 Å². The van der Waals surface area contributed by atoms with Gasteiger partial charge in [-0.15, -0.1) is 10.2 Å². The average molecular weight is 545 g/mol. The lowest BCUT2D eigenvalue weighted by Crippen LogP contribution is -2.29. The van der Waals surface area contributed by atoms with Crippen LogP contribution in [0.25, 0.3) is 33.8 Å². The highest BCUT2D eigenvalue weighted by molar-refractivity contribution is 5.82. The van der Waals surface area contributed by atoms with E-state index < -0.39 is 0 Å². The number of fused-ring (bicyclic) bond motifs is 1. The lowest BCUT2D eigenvalue weighted by molar-refractivity contribution is 0.292. The van der Waals surface area contributed by atoms with Gasteiger partial charge in [-0.2, -0.15) is 5.26 Å². The van der Waals surface area contributed by atoms with Crippen LogP contribution in [-0.2, 0) is 7.05 Å². The second-order valence-electron chi connectivity index (χ2n) is 11.5. The van der Waals surface area contributed by atoms with Crippen molar-refractivity contribution in [3.8, 4) is 34.4 Å². The Kier molecular flexibility index (Phi) is 6.28. The van der Waals surface area contributed by atoms with Crippen LogP contribution in [0.1, 0.15) is 67.8 Å². The van der Waals surface area contributed by atoms with Gasteiger partial charge in [0.2, 0.25) is 0 Å². The highest BCUT2D eigenvalue weighted by Crippen LogP contribution is 2.42. The van der Waals surface area contributed by atoms with Crippen molar-refractivity contribution in [2.45, 2.75) is 51.0 Å². The first-order valence-corrected chi connectivity index (χ1v) is 14.4. The van der Waals surface area contributed by atoms with E-state index in [0.717, 1.165) is 58.8 Å². The van der Waals surface area contributed by atoms with E-state index >= 15 is 0 Å². The first-order valence-electron chi connectivity index (χ1n) is 14.4. The second kappa shape index (κ2) is 10.1. The number of hydrogen-bond donors (Lipinski definition) is 1. The quantitative estimate of drug-likeness (QED) is 0.290. The summed E-state index contributed by atoms with van der Waals surface area (Å²) in [5, 5.41) is 21.6. The van der Waals surface area contributed by atoms with Crippen LogP contribution in [0.15, 0.2) is 66.0 Å². The summed E-state index contributed by atoms with van der Waals surface area (Å²) in [5.41, 5.74) is 5.93. The topological polar surface area (TPSA) is 106 Å². The molecular formula is C32H32N8O. The minimum absolute atomic E-state index is 0.146. The molecule has 41 heavy (non-hydrogen) atoms.